The minimum atomic E-state index is -3.70. The third-order valence-electron chi connectivity index (χ3n) is 4.97. The highest BCUT2D eigenvalue weighted by molar-refractivity contribution is 7.92. The normalized spacial score (nSPS) is 11.1. The molecule has 162 valence electrons. The molecule has 0 heterocycles. The van der Waals surface area contributed by atoms with Gasteiger partial charge in [0.05, 0.1) is 10.6 Å². The molecule has 0 saturated carbocycles. The highest BCUT2D eigenvalue weighted by Gasteiger charge is 2.17. The first-order valence-corrected chi connectivity index (χ1v) is 11.8. The molecular weight excluding hydrogens is 426 g/mol. The van der Waals surface area contributed by atoms with Crippen molar-refractivity contribution in [2.24, 2.45) is 0 Å². The fourth-order valence-corrected chi connectivity index (χ4v) is 4.92. The Bertz CT molecular complexity index is 1210. The minimum absolute atomic E-state index is 0.186. The van der Waals surface area contributed by atoms with E-state index in [1.54, 1.807) is 24.3 Å². The summed E-state index contributed by atoms with van der Waals surface area (Å²) in [6, 6.07) is 16.5. The molecule has 0 fully saturated rings. The summed E-state index contributed by atoms with van der Waals surface area (Å²) in [6.45, 7) is 9.84. The van der Waals surface area contributed by atoms with Gasteiger partial charge in [0.2, 0.25) is 0 Å². The van der Waals surface area contributed by atoms with Crippen molar-refractivity contribution in [3.05, 3.63) is 82.4 Å². The van der Waals surface area contributed by atoms with Gasteiger partial charge in [-0.15, -0.1) is 0 Å². The molecule has 0 radical (unpaired) electrons. The Morgan fingerprint density at radius 1 is 0.742 bits per heavy atom. The Labute approximate surface area is 190 Å². The van der Waals surface area contributed by atoms with Crippen molar-refractivity contribution in [2.75, 3.05) is 15.4 Å². The molecule has 31 heavy (non-hydrogen) atoms. The molecule has 0 amide bonds. The molecular formula is C24H27N3O2S2. The fraction of sp³-hybridized carbons (Fsp3) is 0.208. The quantitative estimate of drug-likeness (QED) is 0.424. The summed E-state index contributed by atoms with van der Waals surface area (Å²) in [7, 11) is -3.70. The lowest BCUT2D eigenvalue weighted by Gasteiger charge is -2.15. The van der Waals surface area contributed by atoms with Crippen LogP contribution < -0.4 is 15.4 Å². The molecule has 0 aliphatic heterocycles. The number of aryl methyl sites for hydroxylation is 5. The van der Waals surface area contributed by atoms with Crippen LogP contribution in [0.2, 0.25) is 0 Å². The molecule has 3 rings (SSSR count). The highest BCUT2D eigenvalue weighted by atomic mass is 32.2. The zero-order chi connectivity index (χ0) is 22.8. The van der Waals surface area contributed by atoms with Crippen LogP contribution in [0, 0.1) is 34.6 Å². The van der Waals surface area contributed by atoms with Gasteiger partial charge in [-0.25, -0.2) is 8.42 Å². The molecule has 0 bridgehead atoms. The number of hydrogen-bond acceptors (Lipinski definition) is 3. The molecule has 0 saturated heterocycles. The van der Waals surface area contributed by atoms with E-state index in [0.717, 1.165) is 27.9 Å². The van der Waals surface area contributed by atoms with E-state index in [9.17, 15) is 8.42 Å². The molecule has 0 unspecified atom stereocenters. The van der Waals surface area contributed by atoms with Gasteiger partial charge in [0.15, 0.2) is 5.11 Å². The third kappa shape index (κ3) is 5.62. The predicted molar refractivity (Wildman–Crippen MR) is 134 cm³/mol. The standard InChI is InChI=1S/C24H27N3O2S2/c1-15-6-11-22(17(3)12-15)26-24(30)25-20-7-9-21(10-8-20)31(28,29)27-23-18(4)13-16(2)14-19(23)5/h6-14,27H,1-5H3,(H2,25,26,30). The highest BCUT2D eigenvalue weighted by Crippen LogP contribution is 2.26. The lowest BCUT2D eigenvalue weighted by atomic mass is 10.1. The maximum absolute atomic E-state index is 12.9. The molecule has 0 aliphatic carbocycles. The topological polar surface area (TPSA) is 70.2 Å². The van der Waals surface area contributed by atoms with Crippen LogP contribution >= 0.6 is 12.2 Å². The summed E-state index contributed by atoms with van der Waals surface area (Å²) in [6.07, 6.45) is 0. The lowest BCUT2D eigenvalue weighted by molar-refractivity contribution is 0.601. The second-order valence-corrected chi connectivity index (χ2v) is 9.89. The first-order chi connectivity index (χ1) is 14.5. The molecule has 0 aliphatic rings. The van der Waals surface area contributed by atoms with Crippen molar-refractivity contribution in [2.45, 2.75) is 39.5 Å². The number of sulfonamides is 1. The summed E-state index contributed by atoms with van der Waals surface area (Å²) >= 11 is 5.39. The van der Waals surface area contributed by atoms with E-state index in [0.29, 0.717) is 16.5 Å². The molecule has 5 nitrogen and oxygen atoms in total. The van der Waals surface area contributed by atoms with Crippen LogP contribution in [0.15, 0.2) is 59.5 Å². The van der Waals surface area contributed by atoms with E-state index < -0.39 is 10.0 Å². The molecule has 7 heteroatoms. The summed E-state index contributed by atoms with van der Waals surface area (Å²) in [5, 5.41) is 6.70. The van der Waals surface area contributed by atoms with Crippen LogP contribution in [-0.4, -0.2) is 13.5 Å². The molecule has 0 atom stereocenters. The van der Waals surface area contributed by atoms with Gasteiger partial charge in [0.25, 0.3) is 10.0 Å². The second kappa shape index (κ2) is 9.08. The molecule has 0 aromatic heterocycles. The average Bonchev–Trinajstić information content (AvgIpc) is 2.67. The maximum atomic E-state index is 12.9. The van der Waals surface area contributed by atoms with E-state index in [4.69, 9.17) is 12.2 Å². The van der Waals surface area contributed by atoms with Crippen molar-refractivity contribution in [1.29, 1.82) is 0 Å². The van der Waals surface area contributed by atoms with Crippen LogP contribution in [0.25, 0.3) is 0 Å². The van der Waals surface area contributed by atoms with Crippen molar-refractivity contribution in [3.63, 3.8) is 0 Å². The number of rotatable bonds is 5. The van der Waals surface area contributed by atoms with Gasteiger partial charge in [-0.2, -0.15) is 0 Å². The van der Waals surface area contributed by atoms with Gasteiger partial charge in [-0.3, -0.25) is 4.72 Å². The number of anilines is 3. The van der Waals surface area contributed by atoms with Gasteiger partial charge >= 0.3 is 0 Å². The molecule has 3 N–H and O–H groups in total. The van der Waals surface area contributed by atoms with E-state index in [1.807, 2.05) is 58.9 Å². The Hall–Kier alpha value is -2.90. The molecule has 3 aromatic rings. The predicted octanol–water partition coefficient (Wildman–Crippen LogP) is 5.84. The van der Waals surface area contributed by atoms with Crippen molar-refractivity contribution < 1.29 is 8.42 Å². The van der Waals surface area contributed by atoms with Crippen molar-refractivity contribution in [3.8, 4) is 0 Å². The van der Waals surface area contributed by atoms with E-state index in [2.05, 4.69) is 21.4 Å². The van der Waals surface area contributed by atoms with Gasteiger partial charge in [-0.05, 0) is 93.9 Å². The van der Waals surface area contributed by atoms with Crippen molar-refractivity contribution in [1.82, 2.24) is 0 Å². The first kappa shape index (κ1) is 22.8. The number of benzene rings is 3. The van der Waals surface area contributed by atoms with E-state index >= 15 is 0 Å². The minimum Gasteiger partial charge on any atom is -0.332 e. The van der Waals surface area contributed by atoms with Crippen molar-refractivity contribution >= 4 is 44.4 Å². The average molecular weight is 454 g/mol. The molecule has 3 aromatic carbocycles. The SMILES string of the molecule is Cc1ccc(NC(=S)Nc2ccc(S(=O)(=O)Nc3c(C)cc(C)cc3C)cc2)c(C)c1. The van der Waals surface area contributed by atoms with E-state index in [1.165, 1.54) is 5.56 Å². The maximum Gasteiger partial charge on any atom is 0.261 e. The molecule has 0 spiro atoms. The summed E-state index contributed by atoms with van der Waals surface area (Å²) < 4.78 is 28.4. The number of thiocarbonyl (C=S) groups is 1. The Morgan fingerprint density at radius 2 is 1.32 bits per heavy atom. The van der Waals surface area contributed by atoms with Gasteiger partial charge < -0.3 is 10.6 Å². The van der Waals surface area contributed by atoms with Crippen LogP contribution in [-0.2, 0) is 10.0 Å². The second-order valence-electron chi connectivity index (χ2n) is 7.80. The lowest BCUT2D eigenvalue weighted by Crippen LogP contribution is -2.20. The summed E-state index contributed by atoms with van der Waals surface area (Å²) in [5.74, 6) is 0. The first-order valence-electron chi connectivity index (χ1n) is 9.91. The van der Waals surface area contributed by atoms with E-state index in [-0.39, 0.29) is 4.90 Å². The van der Waals surface area contributed by atoms with Crippen LogP contribution in [0.4, 0.5) is 17.1 Å². The summed E-state index contributed by atoms with van der Waals surface area (Å²) in [5.41, 5.74) is 7.40. The van der Waals surface area contributed by atoms with Gasteiger partial charge in [0.1, 0.15) is 0 Å². The van der Waals surface area contributed by atoms with Crippen LogP contribution in [0.1, 0.15) is 27.8 Å². The largest absolute Gasteiger partial charge is 0.332 e. The number of nitrogens with one attached hydrogen (secondary N) is 3. The zero-order valence-electron chi connectivity index (χ0n) is 18.3. The monoisotopic (exact) mass is 453 g/mol. The van der Waals surface area contributed by atoms with Gasteiger partial charge in [0, 0.05) is 11.4 Å². The smallest absolute Gasteiger partial charge is 0.261 e. The van der Waals surface area contributed by atoms with Crippen LogP contribution in [0.3, 0.4) is 0 Å². The van der Waals surface area contributed by atoms with Crippen LogP contribution in [0.5, 0.6) is 0 Å². The Balaban J connectivity index is 1.71. The third-order valence-corrected chi connectivity index (χ3v) is 6.54. The fourth-order valence-electron chi connectivity index (χ4n) is 3.49. The van der Waals surface area contributed by atoms with Gasteiger partial charge in [-0.1, -0.05) is 35.4 Å². The Kier molecular flexibility index (Phi) is 6.67. The number of hydrogen-bond donors (Lipinski definition) is 3. The zero-order valence-corrected chi connectivity index (χ0v) is 20.0. The summed E-state index contributed by atoms with van der Waals surface area (Å²) in [4.78, 5) is 0.186. The Morgan fingerprint density at radius 3 is 1.90 bits per heavy atom.